The molecule has 2 aromatic carbocycles. The average Bonchev–Trinajstić information content (AvgIpc) is 3.25. The molecule has 35 heavy (non-hydrogen) atoms. The van der Waals surface area contributed by atoms with Gasteiger partial charge < -0.3 is 13.9 Å². The number of halogens is 3. The lowest BCUT2D eigenvalue weighted by molar-refractivity contribution is -0.140. The van der Waals surface area contributed by atoms with Crippen molar-refractivity contribution in [3.05, 3.63) is 59.1 Å². The van der Waals surface area contributed by atoms with Gasteiger partial charge >= 0.3 is 5.97 Å². The molecule has 0 N–H and O–H groups in total. The number of hydrogen-bond acceptors (Lipinski definition) is 4. The molecular weight excluding hydrogens is 457 g/mol. The minimum absolute atomic E-state index is 0.0126. The lowest BCUT2D eigenvalue weighted by Gasteiger charge is -2.21. The number of allylic oxidation sites excluding steroid dienone is 1. The van der Waals surface area contributed by atoms with Gasteiger partial charge in [-0.25, -0.2) is 13.6 Å². The third kappa shape index (κ3) is 5.72. The van der Waals surface area contributed by atoms with Gasteiger partial charge in [0.2, 0.25) is 5.83 Å². The third-order valence-corrected chi connectivity index (χ3v) is 5.77. The molecule has 0 radical (unpaired) electrons. The van der Waals surface area contributed by atoms with E-state index in [2.05, 4.69) is 13.8 Å². The van der Waals surface area contributed by atoms with Crippen molar-refractivity contribution in [3.8, 4) is 16.9 Å². The van der Waals surface area contributed by atoms with Gasteiger partial charge in [0.25, 0.3) is 6.43 Å². The highest BCUT2D eigenvalue weighted by molar-refractivity contribution is 5.99. The summed E-state index contributed by atoms with van der Waals surface area (Å²) in [4.78, 5) is 11.9. The van der Waals surface area contributed by atoms with E-state index in [9.17, 15) is 18.0 Å². The number of furan rings is 1. The van der Waals surface area contributed by atoms with Crippen LogP contribution in [0, 0.1) is 0 Å². The summed E-state index contributed by atoms with van der Waals surface area (Å²) in [6, 6.07) is 11.0. The maximum Gasteiger partial charge on any atom is 0.367 e. The summed E-state index contributed by atoms with van der Waals surface area (Å²) in [7, 11) is 0. The van der Waals surface area contributed by atoms with Crippen LogP contribution in [-0.4, -0.2) is 25.6 Å². The zero-order valence-corrected chi connectivity index (χ0v) is 20.9. The Morgan fingerprint density at radius 3 is 2.34 bits per heavy atom. The molecule has 3 aromatic rings. The van der Waals surface area contributed by atoms with Crippen LogP contribution < -0.4 is 4.74 Å². The molecule has 4 nitrogen and oxygen atoms in total. The summed E-state index contributed by atoms with van der Waals surface area (Å²) in [6.45, 7) is 10.4. The topological polar surface area (TPSA) is 48.7 Å². The Morgan fingerprint density at radius 2 is 1.74 bits per heavy atom. The lowest BCUT2D eigenvalue weighted by atomic mass is 9.89. The Balaban J connectivity index is 2.26. The van der Waals surface area contributed by atoms with Crippen LogP contribution in [0.3, 0.4) is 0 Å². The normalized spacial score (nSPS) is 12.6. The molecule has 0 saturated carbocycles. The van der Waals surface area contributed by atoms with Crippen molar-refractivity contribution in [2.24, 2.45) is 0 Å². The van der Waals surface area contributed by atoms with Gasteiger partial charge in [-0.3, -0.25) is 0 Å². The fraction of sp³-hybridized carbons (Fsp3) is 0.393. The zero-order chi connectivity index (χ0) is 25.9. The highest BCUT2D eigenvalue weighted by atomic mass is 19.3. The molecule has 1 aromatic heterocycles. The molecule has 0 aliphatic rings. The molecule has 0 atom stereocenters. The minimum atomic E-state index is -2.63. The maximum absolute atomic E-state index is 14.6. The number of para-hydroxylation sites is 1. The van der Waals surface area contributed by atoms with Crippen LogP contribution in [0.1, 0.15) is 70.3 Å². The lowest BCUT2D eigenvalue weighted by Crippen LogP contribution is -2.10. The van der Waals surface area contributed by atoms with Gasteiger partial charge in [0.1, 0.15) is 23.7 Å². The number of alkyl halides is 2. The molecule has 0 aliphatic heterocycles. The molecule has 1 heterocycles. The van der Waals surface area contributed by atoms with Crippen molar-refractivity contribution in [1.82, 2.24) is 0 Å². The standard InChI is InChI=1S/C28H31F3O4/c1-7-33-28(32)25(31)17(6)23-13-18-9-8-10-20(26(18)35-23)22-12-19(15(2)3)11-21(16(4)5)27(22)34-14-24(29)30/h8-13,15-16,24H,7,14H2,1-6H3/b25-17+. The van der Waals surface area contributed by atoms with Gasteiger partial charge in [-0.1, -0.05) is 52.0 Å². The quantitative estimate of drug-likeness (QED) is 0.225. The maximum atomic E-state index is 14.6. The highest BCUT2D eigenvalue weighted by Gasteiger charge is 2.23. The van der Waals surface area contributed by atoms with E-state index in [0.717, 1.165) is 11.1 Å². The Kier molecular flexibility index (Phi) is 8.30. The Labute approximate surface area is 203 Å². The van der Waals surface area contributed by atoms with Gasteiger partial charge in [0.15, 0.2) is 0 Å². The first-order chi connectivity index (χ1) is 16.5. The van der Waals surface area contributed by atoms with Gasteiger partial charge in [0.05, 0.1) is 6.61 Å². The second-order valence-electron chi connectivity index (χ2n) is 8.99. The molecule has 0 bridgehead atoms. The van der Waals surface area contributed by atoms with Crippen molar-refractivity contribution in [1.29, 1.82) is 0 Å². The van der Waals surface area contributed by atoms with Gasteiger partial charge in [-0.2, -0.15) is 4.39 Å². The fourth-order valence-corrected chi connectivity index (χ4v) is 3.86. The Bertz CT molecular complexity index is 1240. The van der Waals surface area contributed by atoms with E-state index in [-0.39, 0.29) is 29.8 Å². The minimum Gasteiger partial charge on any atom is -0.487 e. The van der Waals surface area contributed by atoms with Crippen molar-refractivity contribution in [2.75, 3.05) is 13.2 Å². The van der Waals surface area contributed by atoms with Crippen LogP contribution in [0.15, 0.2) is 46.6 Å². The number of esters is 1. The fourth-order valence-electron chi connectivity index (χ4n) is 3.86. The van der Waals surface area contributed by atoms with Crippen LogP contribution in [0.5, 0.6) is 5.75 Å². The van der Waals surface area contributed by atoms with Crippen molar-refractivity contribution in [2.45, 2.75) is 59.8 Å². The van der Waals surface area contributed by atoms with Crippen molar-refractivity contribution < 1.29 is 31.9 Å². The summed E-state index contributed by atoms with van der Waals surface area (Å²) in [5, 5.41) is 0.675. The Morgan fingerprint density at radius 1 is 1.03 bits per heavy atom. The van der Waals surface area contributed by atoms with Crippen LogP contribution in [0.25, 0.3) is 27.7 Å². The van der Waals surface area contributed by atoms with E-state index >= 15 is 0 Å². The smallest absolute Gasteiger partial charge is 0.367 e. The second kappa shape index (κ2) is 11.0. The Hall–Kier alpha value is -3.22. The predicted molar refractivity (Wildman–Crippen MR) is 132 cm³/mol. The summed E-state index contributed by atoms with van der Waals surface area (Å²) in [5.74, 6) is -1.32. The van der Waals surface area contributed by atoms with E-state index in [4.69, 9.17) is 13.9 Å². The molecule has 188 valence electrons. The average molecular weight is 489 g/mol. The zero-order valence-electron chi connectivity index (χ0n) is 20.9. The highest BCUT2D eigenvalue weighted by Crippen LogP contribution is 2.43. The van der Waals surface area contributed by atoms with Crippen LogP contribution in [0.4, 0.5) is 13.2 Å². The van der Waals surface area contributed by atoms with E-state index in [0.29, 0.717) is 27.8 Å². The number of rotatable bonds is 9. The first-order valence-electron chi connectivity index (χ1n) is 11.7. The molecule has 0 spiro atoms. The second-order valence-corrected chi connectivity index (χ2v) is 8.99. The summed E-state index contributed by atoms with van der Waals surface area (Å²) in [5.41, 5.74) is 3.56. The number of carbonyl (C=O) groups excluding carboxylic acids is 1. The number of benzene rings is 2. The molecule has 0 amide bonds. The van der Waals surface area contributed by atoms with Crippen LogP contribution in [-0.2, 0) is 9.53 Å². The first kappa shape index (κ1) is 26.4. The number of hydrogen-bond donors (Lipinski definition) is 0. The molecular formula is C28H31F3O4. The predicted octanol–water partition coefficient (Wildman–Crippen LogP) is 8.25. The van der Waals surface area contributed by atoms with Gasteiger partial charge in [-0.15, -0.1) is 0 Å². The van der Waals surface area contributed by atoms with E-state index in [1.165, 1.54) is 6.92 Å². The van der Waals surface area contributed by atoms with E-state index in [1.54, 1.807) is 19.1 Å². The van der Waals surface area contributed by atoms with Crippen molar-refractivity contribution in [3.63, 3.8) is 0 Å². The number of carbonyl (C=O) groups is 1. The summed E-state index contributed by atoms with van der Waals surface area (Å²) in [6.07, 6.45) is -2.63. The molecule has 3 rings (SSSR count). The van der Waals surface area contributed by atoms with E-state index < -0.39 is 24.8 Å². The van der Waals surface area contributed by atoms with Crippen LogP contribution in [0.2, 0.25) is 0 Å². The molecule has 0 saturated heterocycles. The number of fused-ring (bicyclic) bond motifs is 1. The van der Waals surface area contributed by atoms with Gasteiger partial charge in [-0.05, 0) is 48.9 Å². The summed E-state index contributed by atoms with van der Waals surface area (Å²) >= 11 is 0. The third-order valence-electron chi connectivity index (χ3n) is 5.77. The number of ether oxygens (including phenoxy) is 2. The molecule has 0 aliphatic carbocycles. The monoisotopic (exact) mass is 488 g/mol. The summed E-state index contributed by atoms with van der Waals surface area (Å²) < 4.78 is 57.3. The molecule has 0 fully saturated rings. The SMILES string of the molecule is CCOC(=O)/C(F)=C(/C)c1cc2cccc(-c3cc(C(C)C)cc(C(C)C)c3OCC(F)F)c2o1. The van der Waals surface area contributed by atoms with Crippen LogP contribution >= 0.6 is 0 Å². The largest absolute Gasteiger partial charge is 0.487 e. The molecule has 0 unspecified atom stereocenters. The molecule has 7 heteroatoms. The first-order valence-corrected chi connectivity index (χ1v) is 11.7. The van der Waals surface area contributed by atoms with Crippen molar-refractivity contribution >= 4 is 22.5 Å². The van der Waals surface area contributed by atoms with Gasteiger partial charge in [0, 0.05) is 22.1 Å². The van der Waals surface area contributed by atoms with E-state index in [1.807, 2.05) is 38.1 Å².